The zero-order chi connectivity index (χ0) is 20.2. The van der Waals surface area contributed by atoms with Crippen LogP contribution in [0.1, 0.15) is 18.1 Å². The molecule has 2 heterocycles. The zero-order valence-electron chi connectivity index (χ0n) is 16.6. The summed E-state index contributed by atoms with van der Waals surface area (Å²) in [5.41, 5.74) is 1.92. The van der Waals surface area contributed by atoms with Gasteiger partial charge in [0, 0.05) is 56.3 Å². The Morgan fingerprint density at radius 1 is 0.966 bits per heavy atom. The Morgan fingerprint density at radius 2 is 1.66 bits per heavy atom. The van der Waals surface area contributed by atoms with E-state index >= 15 is 0 Å². The van der Waals surface area contributed by atoms with E-state index in [0.717, 1.165) is 48.4 Å². The van der Waals surface area contributed by atoms with Crippen molar-refractivity contribution in [1.29, 1.82) is 0 Å². The third kappa shape index (κ3) is 4.66. The quantitative estimate of drug-likeness (QED) is 0.595. The molecule has 1 fully saturated rings. The summed E-state index contributed by atoms with van der Waals surface area (Å²) in [6.07, 6.45) is 0. The Hall–Kier alpha value is -2.70. The van der Waals surface area contributed by atoms with E-state index in [-0.39, 0.29) is 11.4 Å². The van der Waals surface area contributed by atoms with Crippen molar-refractivity contribution in [3.05, 3.63) is 75.9 Å². The number of fused-ring (bicyclic) bond motifs is 1. The van der Waals surface area contributed by atoms with Crippen LogP contribution in [0.5, 0.6) is 5.75 Å². The van der Waals surface area contributed by atoms with Crippen LogP contribution in [0.2, 0.25) is 0 Å². The average molecular weight is 396 g/mol. The molecule has 152 valence electrons. The lowest BCUT2D eigenvalue weighted by Gasteiger charge is -2.34. The van der Waals surface area contributed by atoms with E-state index < -0.39 is 0 Å². The molecule has 29 heavy (non-hydrogen) atoms. The van der Waals surface area contributed by atoms with Gasteiger partial charge in [0.2, 0.25) is 0 Å². The van der Waals surface area contributed by atoms with Gasteiger partial charge in [0.15, 0.2) is 0 Å². The molecule has 0 atom stereocenters. The van der Waals surface area contributed by atoms with E-state index in [0.29, 0.717) is 25.3 Å². The molecule has 0 bridgehead atoms. The predicted octanol–water partition coefficient (Wildman–Crippen LogP) is 3.65. The molecule has 4 rings (SSSR count). The van der Waals surface area contributed by atoms with Crippen molar-refractivity contribution in [3.8, 4) is 5.75 Å². The Balaban J connectivity index is 1.45. The second-order valence-corrected chi connectivity index (χ2v) is 7.33. The van der Waals surface area contributed by atoms with Gasteiger partial charge in [-0.15, -0.1) is 0 Å². The lowest BCUT2D eigenvalue weighted by atomic mass is 10.1. The monoisotopic (exact) mass is 396 g/mol. The van der Waals surface area contributed by atoms with Crippen molar-refractivity contribution in [3.63, 3.8) is 0 Å². The Kier molecular flexibility index (Phi) is 5.92. The van der Waals surface area contributed by atoms with Crippen LogP contribution in [-0.4, -0.2) is 42.6 Å². The smallest absolute Gasteiger partial charge is 0.336 e. The van der Waals surface area contributed by atoms with Gasteiger partial charge in [0.25, 0.3) is 0 Å². The van der Waals surface area contributed by atoms with E-state index in [1.165, 1.54) is 6.07 Å². The summed E-state index contributed by atoms with van der Waals surface area (Å²) in [4.78, 5) is 16.6. The standard InChI is InChI=1S/C23H25FN2O3/c1-2-28-19-7-8-22-20(14-19)18(13-23(27)29-22)16-26-11-9-25(10-12-26)15-17-5-3-4-6-21(17)24/h3-8,13-14H,2,9-12,15-16H2,1H3. The third-order valence-electron chi connectivity index (χ3n) is 5.32. The maximum absolute atomic E-state index is 13.9. The van der Waals surface area contributed by atoms with Gasteiger partial charge in [-0.1, -0.05) is 18.2 Å². The Bertz CT molecular complexity index is 1040. The topological polar surface area (TPSA) is 45.9 Å². The minimum atomic E-state index is -0.338. The summed E-state index contributed by atoms with van der Waals surface area (Å²) in [7, 11) is 0. The van der Waals surface area contributed by atoms with E-state index in [4.69, 9.17) is 9.15 Å². The lowest BCUT2D eigenvalue weighted by molar-refractivity contribution is 0.121. The highest BCUT2D eigenvalue weighted by molar-refractivity contribution is 5.81. The Morgan fingerprint density at radius 3 is 2.34 bits per heavy atom. The van der Waals surface area contributed by atoms with Gasteiger partial charge in [0.05, 0.1) is 6.61 Å². The van der Waals surface area contributed by atoms with E-state index in [1.807, 2.05) is 31.2 Å². The molecule has 0 amide bonds. The first kappa shape index (κ1) is 19.6. The normalized spacial score (nSPS) is 15.7. The highest BCUT2D eigenvalue weighted by Gasteiger charge is 2.19. The number of hydrogen-bond acceptors (Lipinski definition) is 5. The average Bonchev–Trinajstić information content (AvgIpc) is 2.72. The molecule has 5 nitrogen and oxygen atoms in total. The van der Waals surface area contributed by atoms with Crippen LogP contribution in [0.15, 0.2) is 57.7 Å². The maximum atomic E-state index is 13.9. The minimum Gasteiger partial charge on any atom is -0.494 e. The summed E-state index contributed by atoms with van der Waals surface area (Å²) in [6.45, 7) is 7.26. The van der Waals surface area contributed by atoms with Gasteiger partial charge in [-0.2, -0.15) is 0 Å². The van der Waals surface area contributed by atoms with Crippen LogP contribution in [-0.2, 0) is 13.1 Å². The molecule has 1 aliphatic rings. The van der Waals surface area contributed by atoms with Crippen molar-refractivity contribution < 1.29 is 13.5 Å². The summed E-state index contributed by atoms with van der Waals surface area (Å²) in [6, 6.07) is 14.1. The predicted molar refractivity (Wildman–Crippen MR) is 111 cm³/mol. The van der Waals surface area contributed by atoms with Gasteiger partial charge in [-0.25, -0.2) is 9.18 Å². The van der Waals surface area contributed by atoms with E-state index in [1.54, 1.807) is 18.2 Å². The summed E-state index contributed by atoms with van der Waals surface area (Å²) in [5, 5.41) is 0.907. The molecule has 2 aromatic carbocycles. The molecule has 0 unspecified atom stereocenters. The number of piperazine rings is 1. The van der Waals surface area contributed by atoms with E-state index in [2.05, 4.69) is 9.80 Å². The highest BCUT2D eigenvalue weighted by Crippen LogP contribution is 2.24. The van der Waals surface area contributed by atoms with Gasteiger partial charge in [-0.3, -0.25) is 9.80 Å². The number of benzene rings is 2. The van der Waals surface area contributed by atoms with Gasteiger partial charge in [0.1, 0.15) is 17.1 Å². The summed E-state index contributed by atoms with van der Waals surface area (Å²) >= 11 is 0. The minimum absolute atomic E-state index is 0.150. The highest BCUT2D eigenvalue weighted by atomic mass is 19.1. The second kappa shape index (κ2) is 8.76. The first-order valence-electron chi connectivity index (χ1n) is 10.00. The van der Waals surface area contributed by atoms with Crippen LogP contribution in [0.3, 0.4) is 0 Å². The largest absolute Gasteiger partial charge is 0.494 e. The fourth-order valence-electron chi connectivity index (χ4n) is 3.81. The zero-order valence-corrected chi connectivity index (χ0v) is 16.6. The summed E-state index contributed by atoms with van der Waals surface area (Å²) < 4.78 is 24.8. The molecule has 0 saturated carbocycles. The first-order valence-corrected chi connectivity index (χ1v) is 10.00. The van der Waals surface area contributed by atoms with Crippen molar-refractivity contribution in [2.45, 2.75) is 20.0 Å². The molecule has 1 aromatic heterocycles. The van der Waals surface area contributed by atoms with Gasteiger partial charge in [-0.05, 0) is 36.8 Å². The summed E-state index contributed by atoms with van der Waals surface area (Å²) in [5.74, 6) is 0.618. The van der Waals surface area contributed by atoms with Crippen LogP contribution < -0.4 is 10.4 Å². The molecule has 3 aromatic rings. The number of ether oxygens (including phenoxy) is 1. The third-order valence-corrected chi connectivity index (χ3v) is 5.32. The fraction of sp³-hybridized carbons (Fsp3) is 0.348. The molecule has 0 aliphatic carbocycles. The van der Waals surface area contributed by atoms with Crippen molar-refractivity contribution >= 4 is 11.0 Å². The SMILES string of the molecule is CCOc1ccc2oc(=O)cc(CN3CCN(Cc4ccccc4F)CC3)c2c1. The number of rotatable bonds is 6. The van der Waals surface area contributed by atoms with Crippen LogP contribution in [0.25, 0.3) is 11.0 Å². The number of hydrogen-bond donors (Lipinski definition) is 0. The van der Waals surface area contributed by atoms with Crippen LogP contribution in [0.4, 0.5) is 4.39 Å². The maximum Gasteiger partial charge on any atom is 0.336 e. The molecule has 6 heteroatoms. The molecule has 0 spiro atoms. The first-order chi connectivity index (χ1) is 14.1. The van der Waals surface area contributed by atoms with Gasteiger partial charge >= 0.3 is 5.63 Å². The van der Waals surface area contributed by atoms with Crippen LogP contribution >= 0.6 is 0 Å². The van der Waals surface area contributed by atoms with Gasteiger partial charge < -0.3 is 9.15 Å². The van der Waals surface area contributed by atoms with Crippen LogP contribution in [0, 0.1) is 5.82 Å². The molecule has 0 N–H and O–H groups in total. The fourth-order valence-corrected chi connectivity index (χ4v) is 3.81. The molecular weight excluding hydrogens is 371 g/mol. The molecule has 0 radical (unpaired) electrons. The Labute approximate surface area is 169 Å². The van der Waals surface area contributed by atoms with Crippen molar-refractivity contribution in [2.24, 2.45) is 0 Å². The van der Waals surface area contributed by atoms with E-state index in [9.17, 15) is 9.18 Å². The molecule has 1 aliphatic heterocycles. The molecule has 1 saturated heterocycles. The number of halogens is 1. The van der Waals surface area contributed by atoms with Crippen molar-refractivity contribution in [1.82, 2.24) is 9.80 Å². The molecular formula is C23H25FN2O3. The second-order valence-electron chi connectivity index (χ2n) is 7.33. The lowest BCUT2D eigenvalue weighted by Crippen LogP contribution is -2.45. The van der Waals surface area contributed by atoms with Crippen molar-refractivity contribution in [2.75, 3.05) is 32.8 Å². The number of nitrogens with zero attached hydrogens (tertiary/aromatic N) is 2.